The van der Waals surface area contributed by atoms with Crippen molar-refractivity contribution in [3.63, 3.8) is 0 Å². The smallest absolute Gasteiger partial charge is 0.129 e. The topological polar surface area (TPSA) is 61.9 Å². The van der Waals surface area contributed by atoms with Crippen molar-refractivity contribution in [2.45, 2.75) is 0 Å². The van der Waals surface area contributed by atoms with Gasteiger partial charge in [0.1, 0.15) is 5.84 Å². The van der Waals surface area contributed by atoms with E-state index in [0.717, 1.165) is 16.8 Å². The molecule has 0 fully saturated rings. The molecule has 0 saturated heterocycles. The molecule has 0 aromatic heterocycles. The first-order chi connectivity index (χ1) is 8.77. The van der Waals surface area contributed by atoms with Gasteiger partial charge in [-0.25, -0.2) is 0 Å². The number of amidine groups is 1. The van der Waals surface area contributed by atoms with Gasteiger partial charge in [0.2, 0.25) is 0 Å². The molecule has 0 unspecified atom stereocenters. The van der Waals surface area contributed by atoms with Crippen LogP contribution in [0.2, 0.25) is 0 Å². The highest BCUT2D eigenvalue weighted by molar-refractivity contribution is 5.97. The summed E-state index contributed by atoms with van der Waals surface area (Å²) >= 11 is 0. The summed E-state index contributed by atoms with van der Waals surface area (Å²) in [6.07, 6.45) is 3.58. The third-order valence-corrected chi connectivity index (χ3v) is 2.55. The van der Waals surface area contributed by atoms with Gasteiger partial charge >= 0.3 is 0 Å². The number of hydrogen-bond donors (Lipinski definition) is 3. The lowest BCUT2D eigenvalue weighted by atomic mass is 10.2. The van der Waals surface area contributed by atoms with Crippen molar-refractivity contribution >= 4 is 17.6 Å². The van der Waals surface area contributed by atoms with Gasteiger partial charge in [0, 0.05) is 17.5 Å². The van der Waals surface area contributed by atoms with E-state index in [1.165, 1.54) is 0 Å². The quantitative estimate of drug-likeness (QED) is 0.436. The van der Waals surface area contributed by atoms with Crippen molar-refractivity contribution in [3.05, 3.63) is 71.9 Å². The van der Waals surface area contributed by atoms with E-state index in [1.807, 2.05) is 60.7 Å². The van der Waals surface area contributed by atoms with Gasteiger partial charge in [-0.15, -0.1) is 0 Å². The molecular formula is C15H15N3. The Morgan fingerprint density at radius 1 is 1.00 bits per heavy atom. The minimum Gasteiger partial charge on any atom is -0.398 e. The average molecular weight is 237 g/mol. The zero-order valence-electron chi connectivity index (χ0n) is 9.93. The number of nitrogens with one attached hydrogen (secondary N) is 2. The maximum atomic E-state index is 7.86. The minimum atomic E-state index is 0.362. The maximum Gasteiger partial charge on any atom is 0.129 e. The summed E-state index contributed by atoms with van der Waals surface area (Å²) < 4.78 is 0. The van der Waals surface area contributed by atoms with Gasteiger partial charge in [-0.2, -0.15) is 0 Å². The van der Waals surface area contributed by atoms with E-state index in [1.54, 1.807) is 6.20 Å². The second kappa shape index (κ2) is 5.68. The summed E-state index contributed by atoms with van der Waals surface area (Å²) in [6.45, 7) is 0. The van der Waals surface area contributed by atoms with Crippen LogP contribution in [0.5, 0.6) is 0 Å². The van der Waals surface area contributed by atoms with E-state index >= 15 is 0 Å². The first-order valence-electron chi connectivity index (χ1n) is 5.69. The molecule has 0 aliphatic carbocycles. The van der Waals surface area contributed by atoms with Gasteiger partial charge < -0.3 is 11.1 Å². The SMILES string of the molecule is N=C(NC=Cc1ccccc1N)c1ccccc1. The molecule has 3 nitrogen and oxygen atoms in total. The fourth-order valence-corrected chi connectivity index (χ4v) is 1.57. The Kier molecular flexibility index (Phi) is 3.76. The number of rotatable bonds is 3. The Hall–Kier alpha value is -2.55. The molecule has 0 atom stereocenters. The first-order valence-corrected chi connectivity index (χ1v) is 5.69. The zero-order valence-corrected chi connectivity index (χ0v) is 9.93. The van der Waals surface area contributed by atoms with Gasteiger partial charge in [-0.3, -0.25) is 5.41 Å². The Bertz CT molecular complexity index is 559. The normalized spacial score (nSPS) is 10.4. The monoisotopic (exact) mass is 237 g/mol. The van der Waals surface area contributed by atoms with Gasteiger partial charge in [0.25, 0.3) is 0 Å². The Labute approximate surface area is 106 Å². The van der Waals surface area contributed by atoms with Crippen LogP contribution in [0.25, 0.3) is 6.08 Å². The summed E-state index contributed by atoms with van der Waals surface area (Å²) in [7, 11) is 0. The fourth-order valence-electron chi connectivity index (χ4n) is 1.57. The molecule has 0 bridgehead atoms. The zero-order chi connectivity index (χ0) is 12.8. The molecule has 0 saturated carbocycles. The van der Waals surface area contributed by atoms with Gasteiger partial charge in [0.05, 0.1) is 0 Å². The van der Waals surface area contributed by atoms with E-state index in [4.69, 9.17) is 11.1 Å². The summed E-state index contributed by atoms with van der Waals surface area (Å²) in [4.78, 5) is 0. The van der Waals surface area contributed by atoms with Crippen molar-refractivity contribution < 1.29 is 0 Å². The molecule has 0 aliphatic rings. The number of benzene rings is 2. The molecule has 90 valence electrons. The van der Waals surface area contributed by atoms with Crippen LogP contribution in [0.1, 0.15) is 11.1 Å². The van der Waals surface area contributed by atoms with E-state index in [0.29, 0.717) is 5.84 Å². The van der Waals surface area contributed by atoms with Crippen LogP contribution in [0.3, 0.4) is 0 Å². The number of nitrogens with two attached hydrogens (primary N) is 1. The van der Waals surface area contributed by atoms with Gasteiger partial charge in [-0.1, -0.05) is 48.5 Å². The highest BCUT2D eigenvalue weighted by Gasteiger charge is 1.96. The second-order valence-electron chi connectivity index (χ2n) is 3.85. The Morgan fingerprint density at radius 3 is 2.39 bits per heavy atom. The maximum absolute atomic E-state index is 7.86. The molecule has 0 radical (unpaired) electrons. The molecule has 2 rings (SSSR count). The van der Waals surface area contributed by atoms with Crippen LogP contribution in [-0.4, -0.2) is 5.84 Å². The molecule has 0 aliphatic heterocycles. The predicted octanol–water partition coefficient (Wildman–Crippen LogP) is 2.85. The fraction of sp³-hybridized carbons (Fsp3) is 0. The molecule has 18 heavy (non-hydrogen) atoms. The third kappa shape index (κ3) is 2.98. The van der Waals surface area contributed by atoms with Crippen molar-refractivity contribution in [1.82, 2.24) is 5.32 Å². The number of nitrogen functional groups attached to an aromatic ring is 1. The van der Waals surface area contributed by atoms with Crippen LogP contribution in [0.4, 0.5) is 5.69 Å². The molecule has 0 heterocycles. The van der Waals surface area contributed by atoms with Gasteiger partial charge in [-0.05, 0) is 17.7 Å². The predicted molar refractivity (Wildman–Crippen MR) is 76.3 cm³/mol. The Morgan fingerprint density at radius 2 is 1.67 bits per heavy atom. The number of hydrogen-bond acceptors (Lipinski definition) is 2. The van der Waals surface area contributed by atoms with Crippen LogP contribution < -0.4 is 11.1 Å². The standard InChI is InChI=1S/C15H15N3/c16-14-9-5-4-6-12(14)10-11-18-15(17)13-7-2-1-3-8-13/h1-11H,16H2,(H2,17,18). The number of para-hydroxylation sites is 1. The lowest BCUT2D eigenvalue weighted by molar-refractivity contribution is 1.23. The molecule has 2 aromatic carbocycles. The lowest BCUT2D eigenvalue weighted by Crippen LogP contribution is -2.16. The summed E-state index contributed by atoms with van der Waals surface area (Å²) in [5.74, 6) is 0.362. The summed E-state index contributed by atoms with van der Waals surface area (Å²) in [5, 5.41) is 10.8. The molecule has 4 N–H and O–H groups in total. The molecule has 2 aromatic rings. The van der Waals surface area contributed by atoms with E-state index < -0.39 is 0 Å². The van der Waals surface area contributed by atoms with E-state index in [-0.39, 0.29) is 0 Å². The van der Waals surface area contributed by atoms with E-state index in [9.17, 15) is 0 Å². The summed E-state index contributed by atoms with van der Waals surface area (Å²) in [5.41, 5.74) is 8.33. The first kappa shape index (κ1) is 11.9. The number of anilines is 1. The molecule has 0 amide bonds. The molecule has 3 heteroatoms. The van der Waals surface area contributed by atoms with Crippen LogP contribution in [0.15, 0.2) is 60.8 Å². The molecule has 0 spiro atoms. The van der Waals surface area contributed by atoms with E-state index in [2.05, 4.69) is 5.32 Å². The average Bonchev–Trinajstić information content (AvgIpc) is 2.42. The highest BCUT2D eigenvalue weighted by atomic mass is 14.9. The van der Waals surface area contributed by atoms with Crippen molar-refractivity contribution in [3.8, 4) is 0 Å². The molecular weight excluding hydrogens is 222 g/mol. The van der Waals surface area contributed by atoms with Crippen LogP contribution in [-0.2, 0) is 0 Å². The van der Waals surface area contributed by atoms with Crippen molar-refractivity contribution in [2.75, 3.05) is 5.73 Å². The Balaban J connectivity index is 2.00. The third-order valence-electron chi connectivity index (χ3n) is 2.55. The summed E-state index contributed by atoms with van der Waals surface area (Å²) in [6, 6.07) is 17.1. The van der Waals surface area contributed by atoms with Crippen LogP contribution >= 0.6 is 0 Å². The van der Waals surface area contributed by atoms with Crippen LogP contribution in [0, 0.1) is 5.41 Å². The van der Waals surface area contributed by atoms with Gasteiger partial charge in [0.15, 0.2) is 0 Å². The highest BCUT2D eigenvalue weighted by Crippen LogP contribution is 2.11. The van der Waals surface area contributed by atoms with Crippen molar-refractivity contribution in [1.29, 1.82) is 5.41 Å². The second-order valence-corrected chi connectivity index (χ2v) is 3.85. The van der Waals surface area contributed by atoms with Crippen molar-refractivity contribution in [2.24, 2.45) is 0 Å². The largest absolute Gasteiger partial charge is 0.398 e. The lowest BCUT2D eigenvalue weighted by Gasteiger charge is -2.03. The minimum absolute atomic E-state index is 0.362.